The van der Waals surface area contributed by atoms with Crippen molar-refractivity contribution in [2.24, 2.45) is 22.9 Å². The average molecular weight is 425 g/mol. The Labute approximate surface area is 175 Å². The zero-order chi connectivity index (χ0) is 21.5. The van der Waals surface area contributed by atoms with Crippen LogP contribution < -0.4 is 22.9 Å². The molecule has 0 heterocycles. The van der Waals surface area contributed by atoms with Crippen LogP contribution in [0.25, 0.3) is 0 Å². The van der Waals surface area contributed by atoms with Crippen LogP contribution in [-0.2, 0) is 28.4 Å². The molecular weight excluding hydrogens is 380 g/mol. The van der Waals surface area contributed by atoms with Crippen LogP contribution in [0.5, 0.6) is 0 Å². The molecule has 0 rings (SSSR count). The lowest BCUT2D eigenvalue weighted by molar-refractivity contribution is -0.0494. The van der Waals surface area contributed by atoms with Gasteiger partial charge in [-0.25, -0.2) is 0 Å². The van der Waals surface area contributed by atoms with Crippen LogP contribution in [0.1, 0.15) is 19.3 Å². The summed E-state index contributed by atoms with van der Waals surface area (Å²) in [6.45, 7) is 7.52. The van der Waals surface area contributed by atoms with Crippen molar-refractivity contribution in [3.05, 3.63) is 0 Å². The molecule has 0 amide bonds. The van der Waals surface area contributed by atoms with Gasteiger partial charge in [0.1, 0.15) is 0 Å². The topological polar surface area (TPSA) is 159 Å². The monoisotopic (exact) mass is 424 g/mol. The maximum absolute atomic E-state index is 6.44. The highest BCUT2D eigenvalue weighted by atomic mass is 16.5. The number of hydrogen-bond donors (Lipinski definition) is 4. The molecule has 0 fully saturated rings. The quantitative estimate of drug-likeness (QED) is 0.139. The first-order valence-electron chi connectivity index (χ1n) is 10.5. The fourth-order valence-corrected chi connectivity index (χ4v) is 2.17. The van der Waals surface area contributed by atoms with E-state index in [1.54, 1.807) is 0 Å². The maximum Gasteiger partial charge on any atom is 0.0865 e. The van der Waals surface area contributed by atoms with Gasteiger partial charge in [-0.2, -0.15) is 0 Å². The molecule has 0 aliphatic heterocycles. The Morgan fingerprint density at radius 2 is 0.690 bits per heavy atom. The fourth-order valence-electron chi connectivity index (χ4n) is 2.17. The SMILES string of the molecule is NCCCOCCOCC(N)(COCCOCCCN)COCCOCCCN. The number of hydrogen-bond acceptors (Lipinski definition) is 10. The van der Waals surface area contributed by atoms with E-state index in [1.165, 1.54) is 0 Å². The molecule has 0 unspecified atom stereocenters. The van der Waals surface area contributed by atoms with Crippen molar-refractivity contribution in [1.29, 1.82) is 0 Å². The molecule has 0 bridgehead atoms. The second-order valence-electron chi connectivity index (χ2n) is 6.78. The fraction of sp³-hybridized carbons (Fsp3) is 1.00. The molecule has 176 valence electrons. The lowest BCUT2D eigenvalue weighted by atomic mass is 10.1. The molecule has 0 aromatic rings. The normalized spacial score (nSPS) is 12.0. The van der Waals surface area contributed by atoms with E-state index >= 15 is 0 Å². The van der Waals surface area contributed by atoms with Crippen molar-refractivity contribution >= 4 is 0 Å². The lowest BCUT2D eigenvalue weighted by Gasteiger charge is -2.29. The molecule has 0 saturated carbocycles. The van der Waals surface area contributed by atoms with Gasteiger partial charge in [-0.05, 0) is 38.9 Å². The summed E-state index contributed by atoms with van der Waals surface area (Å²) in [4.78, 5) is 0. The molecule has 0 aromatic heterocycles. The van der Waals surface area contributed by atoms with E-state index in [9.17, 15) is 0 Å². The first-order chi connectivity index (χ1) is 14.2. The van der Waals surface area contributed by atoms with Crippen molar-refractivity contribution in [3.63, 3.8) is 0 Å². The predicted octanol–water partition coefficient (Wildman–Crippen LogP) is -1.17. The Morgan fingerprint density at radius 1 is 0.414 bits per heavy atom. The van der Waals surface area contributed by atoms with Crippen molar-refractivity contribution in [3.8, 4) is 0 Å². The highest BCUT2D eigenvalue weighted by Gasteiger charge is 2.26. The summed E-state index contributed by atoms with van der Waals surface area (Å²) in [6.07, 6.45) is 2.51. The molecule has 0 atom stereocenters. The molecule has 0 aliphatic rings. The zero-order valence-corrected chi connectivity index (χ0v) is 18.0. The Bertz CT molecular complexity index is 284. The van der Waals surface area contributed by atoms with Gasteiger partial charge in [0.2, 0.25) is 0 Å². The summed E-state index contributed by atoms with van der Waals surface area (Å²) in [5.74, 6) is 0. The summed E-state index contributed by atoms with van der Waals surface area (Å²) in [5.41, 5.74) is 22.0. The second-order valence-corrected chi connectivity index (χ2v) is 6.78. The Hall–Kier alpha value is -0.400. The van der Waals surface area contributed by atoms with E-state index in [-0.39, 0.29) is 0 Å². The largest absolute Gasteiger partial charge is 0.379 e. The molecule has 29 heavy (non-hydrogen) atoms. The van der Waals surface area contributed by atoms with Gasteiger partial charge < -0.3 is 51.4 Å². The van der Waals surface area contributed by atoms with Crippen LogP contribution in [0, 0.1) is 0 Å². The van der Waals surface area contributed by atoms with E-state index in [0.717, 1.165) is 19.3 Å². The summed E-state index contributed by atoms with van der Waals surface area (Å²) < 4.78 is 33.3. The molecule has 0 radical (unpaired) electrons. The van der Waals surface area contributed by atoms with Crippen LogP contribution in [0.3, 0.4) is 0 Å². The minimum atomic E-state index is -0.758. The van der Waals surface area contributed by atoms with Crippen molar-refractivity contribution < 1.29 is 28.4 Å². The molecule has 0 spiro atoms. The smallest absolute Gasteiger partial charge is 0.0865 e. The van der Waals surface area contributed by atoms with Gasteiger partial charge in [0.05, 0.1) is 65.0 Å². The van der Waals surface area contributed by atoms with E-state index in [0.29, 0.717) is 98.9 Å². The van der Waals surface area contributed by atoms with Crippen LogP contribution in [0.2, 0.25) is 0 Å². The zero-order valence-electron chi connectivity index (χ0n) is 18.0. The van der Waals surface area contributed by atoms with Gasteiger partial charge in [-0.1, -0.05) is 0 Å². The van der Waals surface area contributed by atoms with Crippen LogP contribution in [-0.4, -0.2) is 104 Å². The van der Waals surface area contributed by atoms with Crippen LogP contribution in [0.15, 0.2) is 0 Å². The molecule has 0 aliphatic carbocycles. The van der Waals surface area contributed by atoms with Gasteiger partial charge in [-0.3, -0.25) is 0 Å². The molecule has 8 N–H and O–H groups in total. The first-order valence-corrected chi connectivity index (χ1v) is 10.5. The summed E-state index contributed by atoms with van der Waals surface area (Å²) in [7, 11) is 0. The average Bonchev–Trinajstić information content (AvgIpc) is 2.72. The van der Waals surface area contributed by atoms with Crippen LogP contribution in [0.4, 0.5) is 0 Å². The Morgan fingerprint density at radius 3 is 0.966 bits per heavy atom. The van der Waals surface area contributed by atoms with Crippen LogP contribution >= 0.6 is 0 Å². The lowest BCUT2D eigenvalue weighted by Crippen LogP contribution is -2.53. The third-order valence-electron chi connectivity index (χ3n) is 3.76. The first kappa shape index (κ1) is 28.6. The van der Waals surface area contributed by atoms with Crippen molar-refractivity contribution in [2.45, 2.75) is 24.8 Å². The van der Waals surface area contributed by atoms with Crippen molar-refractivity contribution in [2.75, 3.05) is 98.9 Å². The van der Waals surface area contributed by atoms with Crippen molar-refractivity contribution in [1.82, 2.24) is 0 Å². The highest BCUT2D eigenvalue weighted by Crippen LogP contribution is 2.05. The van der Waals surface area contributed by atoms with E-state index in [2.05, 4.69) is 0 Å². The Balaban J connectivity index is 4.03. The number of rotatable bonds is 24. The van der Waals surface area contributed by atoms with E-state index < -0.39 is 5.54 Å². The minimum Gasteiger partial charge on any atom is -0.379 e. The molecule has 0 saturated heterocycles. The van der Waals surface area contributed by atoms with Gasteiger partial charge in [-0.15, -0.1) is 0 Å². The second kappa shape index (κ2) is 22.3. The summed E-state index contributed by atoms with van der Waals surface area (Å²) in [6, 6.07) is 0. The van der Waals surface area contributed by atoms with Gasteiger partial charge in [0, 0.05) is 19.8 Å². The maximum atomic E-state index is 6.44. The third kappa shape index (κ3) is 20.6. The summed E-state index contributed by atoms with van der Waals surface area (Å²) >= 11 is 0. The number of nitrogens with two attached hydrogens (primary N) is 4. The van der Waals surface area contributed by atoms with E-state index in [4.69, 9.17) is 51.4 Å². The standard InChI is InChI=1S/C19H44N4O6/c20-4-1-7-24-10-13-27-16-19(23,17-28-14-11-25-8-2-5-21)18-29-15-12-26-9-3-6-22/h1-18,20-23H2. The molecule has 10 heteroatoms. The number of ether oxygens (including phenoxy) is 6. The minimum absolute atomic E-state index is 0.301. The van der Waals surface area contributed by atoms with Gasteiger partial charge in [0.25, 0.3) is 0 Å². The highest BCUT2D eigenvalue weighted by molar-refractivity contribution is 4.84. The third-order valence-corrected chi connectivity index (χ3v) is 3.76. The molecular formula is C19H44N4O6. The van der Waals surface area contributed by atoms with E-state index in [1.807, 2.05) is 0 Å². The van der Waals surface area contributed by atoms with Gasteiger partial charge >= 0.3 is 0 Å². The van der Waals surface area contributed by atoms with Gasteiger partial charge in [0.15, 0.2) is 0 Å². The predicted molar refractivity (Wildman–Crippen MR) is 113 cm³/mol. The molecule has 10 nitrogen and oxygen atoms in total. The molecule has 0 aromatic carbocycles. The summed E-state index contributed by atoms with van der Waals surface area (Å²) in [5, 5.41) is 0. The Kier molecular flexibility index (Phi) is 22.0.